The summed E-state index contributed by atoms with van der Waals surface area (Å²) in [6.07, 6.45) is 3.73. The molecule has 0 atom stereocenters. The molecule has 2 aromatic carbocycles. The molecule has 2 rings (SSSR count). The normalized spacial score (nSPS) is 10.3. The SMILES string of the molecule is C=CCc1cccc(Oc2ccc(C(=O)CC)cc2)c1OCCCSC(=N)N. The molecular weight excluding hydrogens is 372 g/mol. The number of carbonyl (C=O) groups is 1. The Kier molecular flexibility index (Phi) is 8.62. The summed E-state index contributed by atoms with van der Waals surface area (Å²) in [5.74, 6) is 2.77. The zero-order chi connectivity index (χ0) is 20.4. The maximum atomic E-state index is 11.8. The fourth-order valence-corrected chi connectivity index (χ4v) is 3.06. The number of carbonyl (C=O) groups excluding carboxylic acids is 1. The Morgan fingerprint density at radius 1 is 1.25 bits per heavy atom. The molecular formula is C22H26N2O3S. The van der Waals surface area contributed by atoms with Crippen molar-refractivity contribution in [1.82, 2.24) is 0 Å². The quantitative estimate of drug-likeness (QED) is 0.179. The van der Waals surface area contributed by atoms with Crippen LogP contribution in [-0.4, -0.2) is 23.3 Å². The Morgan fingerprint density at radius 3 is 2.64 bits per heavy atom. The summed E-state index contributed by atoms with van der Waals surface area (Å²) in [4.78, 5) is 11.8. The number of rotatable bonds is 11. The third-order valence-corrected chi connectivity index (χ3v) is 4.75. The summed E-state index contributed by atoms with van der Waals surface area (Å²) in [5, 5.41) is 7.36. The summed E-state index contributed by atoms with van der Waals surface area (Å²) in [6, 6.07) is 12.9. The van der Waals surface area contributed by atoms with Crippen LogP contribution in [0.3, 0.4) is 0 Å². The molecule has 0 aromatic heterocycles. The summed E-state index contributed by atoms with van der Waals surface area (Å²) in [6.45, 7) is 6.14. The number of hydrogen-bond donors (Lipinski definition) is 2. The first kappa shape index (κ1) is 21.6. The van der Waals surface area contributed by atoms with E-state index < -0.39 is 0 Å². The minimum atomic E-state index is 0.104. The summed E-state index contributed by atoms with van der Waals surface area (Å²) < 4.78 is 12.0. The van der Waals surface area contributed by atoms with Gasteiger partial charge in [0.1, 0.15) is 5.75 Å². The Balaban J connectivity index is 2.13. The molecule has 0 spiro atoms. The first-order valence-corrected chi connectivity index (χ1v) is 10.2. The van der Waals surface area contributed by atoms with Gasteiger partial charge in [0, 0.05) is 23.3 Å². The van der Waals surface area contributed by atoms with Gasteiger partial charge in [0.15, 0.2) is 22.4 Å². The van der Waals surface area contributed by atoms with Crippen molar-refractivity contribution in [2.45, 2.75) is 26.2 Å². The van der Waals surface area contributed by atoms with Gasteiger partial charge >= 0.3 is 0 Å². The number of ether oxygens (including phenoxy) is 2. The van der Waals surface area contributed by atoms with Gasteiger partial charge in [0.2, 0.25) is 0 Å². The van der Waals surface area contributed by atoms with E-state index in [-0.39, 0.29) is 11.0 Å². The number of hydrogen-bond acceptors (Lipinski definition) is 5. The molecule has 2 aromatic rings. The number of amidine groups is 1. The van der Waals surface area contributed by atoms with Crippen LogP contribution in [0.1, 0.15) is 35.7 Å². The Hall–Kier alpha value is -2.73. The fourth-order valence-electron chi connectivity index (χ4n) is 2.58. The monoisotopic (exact) mass is 398 g/mol. The molecule has 0 aliphatic carbocycles. The second kappa shape index (κ2) is 11.2. The number of benzene rings is 2. The minimum absolute atomic E-state index is 0.104. The van der Waals surface area contributed by atoms with Gasteiger partial charge in [-0.3, -0.25) is 10.2 Å². The molecule has 0 amide bonds. The highest BCUT2D eigenvalue weighted by molar-refractivity contribution is 8.13. The molecule has 0 bridgehead atoms. The molecule has 0 radical (unpaired) electrons. The first-order valence-electron chi connectivity index (χ1n) is 9.18. The predicted molar refractivity (Wildman–Crippen MR) is 116 cm³/mol. The van der Waals surface area contributed by atoms with Crippen LogP contribution in [0.15, 0.2) is 55.1 Å². The van der Waals surface area contributed by atoms with Crippen molar-refractivity contribution < 1.29 is 14.3 Å². The molecule has 0 saturated carbocycles. The summed E-state index contributed by atoms with van der Waals surface area (Å²) in [5.41, 5.74) is 7.02. The number of para-hydroxylation sites is 1. The van der Waals surface area contributed by atoms with E-state index in [0.29, 0.717) is 42.3 Å². The third-order valence-electron chi connectivity index (χ3n) is 3.94. The molecule has 3 N–H and O–H groups in total. The Labute approximate surface area is 170 Å². The highest BCUT2D eigenvalue weighted by Crippen LogP contribution is 2.35. The van der Waals surface area contributed by atoms with E-state index in [2.05, 4.69) is 6.58 Å². The molecule has 0 unspecified atom stereocenters. The van der Waals surface area contributed by atoms with Crippen LogP contribution in [0.25, 0.3) is 0 Å². The van der Waals surface area contributed by atoms with Crippen molar-refractivity contribution >= 4 is 22.7 Å². The molecule has 0 aliphatic rings. The highest BCUT2D eigenvalue weighted by atomic mass is 32.2. The maximum absolute atomic E-state index is 11.8. The van der Waals surface area contributed by atoms with Crippen molar-refractivity contribution in [3.8, 4) is 17.2 Å². The van der Waals surface area contributed by atoms with Gasteiger partial charge in [-0.1, -0.05) is 36.9 Å². The van der Waals surface area contributed by atoms with E-state index in [1.54, 1.807) is 24.3 Å². The van der Waals surface area contributed by atoms with Crippen molar-refractivity contribution in [2.75, 3.05) is 12.4 Å². The van der Waals surface area contributed by atoms with Gasteiger partial charge in [-0.2, -0.15) is 0 Å². The van der Waals surface area contributed by atoms with Crippen molar-refractivity contribution in [2.24, 2.45) is 5.73 Å². The molecule has 0 heterocycles. The van der Waals surface area contributed by atoms with Crippen molar-refractivity contribution in [3.63, 3.8) is 0 Å². The minimum Gasteiger partial charge on any atom is -0.489 e. The lowest BCUT2D eigenvalue weighted by atomic mass is 10.1. The lowest BCUT2D eigenvalue weighted by Crippen LogP contribution is -2.07. The van der Waals surface area contributed by atoms with E-state index >= 15 is 0 Å². The molecule has 0 saturated heterocycles. The average Bonchev–Trinajstić information content (AvgIpc) is 2.69. The van der Waals surface area contributed by atoms with Crippen LogP contribution in [0.2, 0.25) is 0 Å². The molecule has 5 nitrogen and oxygen atoms in total. The van der Waals surface area contributed by atoms with Gasteiger partial charge in [-0.05, 0) is 43.2 Å². The van der Waals surface area contributed by atoms with E-state index in [4.69, 9.17) is 20.6 Å². The van der Waals surface area contributed by atoms with Crippen molar-refractivity contribution in [1.29, 1.82) is 5.41 Å². The predicted octanol–water partition coefficient (Wildman–Crippen LogP) is 5.20. The molecule has 148 valence electrons. The Morgan fingerprint density at radius 2 is 2.00 bits per heavy atom. The van der Waals surface area contributed by atoms with Gasteiger partial charge in [-0.25, -0.2) is 0 Å². The number of ketones is 1. The number of Topliss-reactive ketones (excluding diaryl/α,β-unsaturated/α-hetero) is 1. The highest BCUT2D eigenvalue weighted by Gasteiger charge is 2.12. The lowest BCUT2D eigenvalue weighted by Gasteiger charge is -2.16. The third kappa shape index (κ3) is 6.46. The van der Waals surface area contributed by atoms with Gasteiger partial charge < -0.3 is 15.2 Å². The van der Waals surface area contributed by atoms with Gasteiger partial charge in [0.05, 0.1) is 6.61 Å². The maximum Gasteiger partial charge on any atom is 0.169 e. The lowest BCUT2D eigenvalue weighted by molar-refractivity contribution is 0.0988. The number of allylic oxidation sites excluding steroid dienone is 1. The van der Waals surface area contributed by atoms with Gasteiger partial charge in [-0.15, -0.1) is 6.58 Å². The number of nitrogens with one attached hydrogen (secondary N) is 1. The summed E-state index contributed by atoms with van der Waals surface area (Å²) >= 11 is 1.30. The molecule has 28 heavy (non-hydrogen) atoms. The Bertz CT molecular complexity index is 819. The standard InChI is InChI=1S/C22H26N2O3S/c1-3-7-17-8-5-9-20(21(17)26-14-6-15-28-22(23)24)27-18-12-10-16(11-13-18)19(25)4-2/h3,5,8-13H,1,4,6-7,14-15H2,2H3,(H3,23,24). The number of thioether (sulfide) groups is 1. The molecule has 0 fully saturated rings. The van der Waals surface area contributed by atoms with E-state index in [1.165, 1.54) is 11.8 Å². The zero-order valence-electron chi connectivity index (χ0n) is 16.1. The zero-order valence-corrected chi connectivity index (χ0v) is 16.9. The van der Waals surface area contributed by atoms with Crippen LogP contribution >= 0.6 is 11.8 Å². The van der Waals surface area contributed by atoms with E-state index in [0.717, 1.165) is 17.7 Å². The van der Waals surface area contributed by atoms with Crippen LogP contribution in [-0.2, 0) is 6.42 Å². The average molecular weight is 399 g/mol. The van der Waals surface area contributed by atoms with Crippen LogP contribution < -0.4 is 15.2 Å². The second-order valence-electron chi connectivity index (χ2n) is 6.06. The van der Waals surface area contributed by atoms with Crippen LogP contribution in [0.4, 0.5) is 0 Å². The smallest absolute Gasteiger partial charge is 0.169 e. The topological polar surface area (TPSA) is 85.4 Å². The summed E-state index contributed by atoms with van der Waals surface area (Å²) in [7, 11) is 0. The van der Waals surface area contributed by atoms with Crippen molar-refractivity contribution in [3.05, 3.63) is 66.2 Å². The molecule has 0 aliphatic heterocycles. The molecule has 6 heteroatoms. The first-order chi connectivity index (χ1) is 13.5. The van der Waals surface area contributed by atoms with E-state index in [1.807, 2.05) is 31.2 Å². The number of nitrogens with two attached hydrogens (primary N) is 1. The second-order valence-corrected chi connectivity index (χ2v) is 7.19. The fraction of sp³-hybridized carbons (Fsp3) is 0.273. The largest absolute Gasteiger partial charge is 0.489 e. The van der Waals surface area contributed by atoms with E-state index in [9.17, 15) is 4.79 Å². The van der Waals surface area contributed by atoms with Crippen LogP contribution in [0.5, 0.6) is 17.2 Å². The van der Waals surface area contributed by atoms with Crippen LogP contribution in [0, 0.1) is 5.41 Å². The van der Waals surface area contributed by atoms with Gasteiger partial charge in [0.25, 0.3) is 0 Å².